The Bertz CT molecular complexity index is 1820. The molecule has 0 N–H and O–H groups in total. The smallest absolute Gasteiger partial charge is 1.00 e. The maximum Gasteiger partial charge on any atom is 2.00 e. The minimum absolute atomic E-state index is 0. The van der Waals surface area contributed by atoms with E-state index >= 15 is 0 Å². The van der Waals surface area contributed by atoms with Crippen LogP contribution in [-0.4, -0.2) is 23.9 Å². The summed E-state index contributed by atoms with van der Waals surface area (Å²) in [5.74, 6) is 1.26. The number of halogens is 2. The summed E-state index contributed by atoms with van der Waals surface area (Å²) in [7, 11) is 0. The average molecular weight is 905 g/mol. The number of ether oxygens (including phenoxy) is 2. The fraction of sp³-hybridized carbons (Fsp3) is 0.156. The van der Waals surface area contributed by atoms with Crippen molar-refractivity contribution in [3.05, 3.63) is 215 Å². The second kappa shape index (κ2) is 17.6. The number of hydrogen-bond donors (Lipinski definition) is 0. The molecule has 2 aliphatic rings. The summed E-state index contributed by atoms with van der Waals surface area (Å²) in [5, 5.41) is 0. The molecule has 0 saturated carbocycles. The third-order valence-corrected chi connectivity index (χ3v) is 9.75. The van der Waals surface area contributed by atoms with Crippen molar-refractivity contribution < 1.29 is 63.9 Å². The number of rotatable bonds is 10. The Morgan fingerprint density at radius 2 is 0.635 bits per heavy atom. The van der Waals surface area contributed by atoms with Crippen LogP contribution in [0.3, 0.4) is 0 Å². The number of nitrogens with zero attached hydrogens (tertiary/aromatic N) is 2. The summed E-state index contributed by atoms with van der Waals surface area (Å²) >= 11 is 0. The molecule has 6 aromatic rings. The largest absolute Gasteiger partial charge is 2.00 e. The van der Waals surface area contributed by atoms with E-state index in [4.69, 9.17) is 19.5 Å². The first-order chi connectivity index (χ1) is 24.2. The standard InChI is InChI=1S/C45H38N2O2.2BrH.Pd/c1-7-19-34(20-8-1)31-40-44(36-23-11-3-12-24-36,37-25-13-4-14-26-37)48-42(46-40)33-43-47-41(32-35-21-9-2-10-22-35)45(49-43,38-27-15-5-16-28-38)39-29-17-6-18-30-39;;;/h1-30,40-41H,31-33H2;2*1H;/q;;;+2/p-2/t40-,41-;;;/m1.../s1. The molecule has 0 fully saturated rings. The van der Waals surface area contributed by atoms with E-state index in [1.54, 1.807) is 0 Å². The van der Waals surface area contributed by atoms with Crippen LogP contribution < -0.4 is 34.0 Å². The van der Waals surface area contributed by atoms with E-state index in [1.165, 1.54) is 11.1 Å². The van der Waals surface area contributed by atoms with Gasteiger partial charge in [0.25, 0.3) is 0 Å². The van der Waals surface area contributed by atoms with Crippen molar-refractivity contribution in [2.45, 2.75) is 42.5 Å². The predicted molar refractivity (Wildman–Crippen MR) is 197 cm³/mol. The van der Waals surface area contributed by atoms with Crippen LogP contribution in [0.2, 0.25) is 0 Å². The molecule has 2 atom stereocenters. The van der Waals surface area contributed by atoms with Crippen LogP contribution in [0, 0.1) is 0 Å². The first kappa shape index (κ1) is 39.1. The van der Waals surface area contributed by atoms with Crippen LogP contribution in [0.1, 0.15) is 39.8 Å². The van der Waals surface area contributed by atoms with Crippen molar-refractivity contribution in [3.8, 4) is 0 Å². The molecule has 4 nitrogen and oxygen atoms in total. The van der Waals surface area contributed by atoms with Crippen LogP contribution in [0.25, 0.3) is 0 Å². The minimum Gasteiger partial charge on any atom is -1.00 e. The molecule has 0 amide bonds. The van der Waals surface area contributed by atoms with E-state index in [1.807, 2.05) is 24.3 Å². The number of benzene rings is 6. The molecule has 0 saturated heterocycles. The second-order valence-corrected chi connectivity index (χ2v) is 12.8. The number of aliphatic imine (C=N–C) groups is 2. The van der Waals surface area contributed by atoms with Crippen molar-refractivity contribution in [1.82, 2.24) is 0 Å². The Hall–Kier alpha value is -4.12. The van der Waals surface area contributed by atoms with Gasteiger partial charge in [-0.1, -0.05) is 182 Å². The van der Waals surface area contributed by atoms with E-state index in [2.05, 4.69) is 158 Å². The molecule has 52 heavy (non-hydrogen) atoms. The third kappa shape index (κ3) is 7.65. The Morgan fingerprint density at radius 1 is 0.385 bits per heavy atom. The summed E-state index contributed by atoms with van der Waals surface area (Å²) in [6.07, 6.45) is 1.78. The summed E-state index contributed by atoms with van der Waals surface area (Å²) in [6, 6.07) is 62.7. The SMILES string of the molecule is [Br-].[Br-].[Pd+2].c1ccc(C[C@H]2N=C(CC3=N[C@H](Cc4ccccc4)C(c4ccccc4)(c4ccccc4)O3)OC2(c2ccccc2)c2ccccc2)cc1. The maximum atomic E-state index is 7.19. The van der Waals surface area contributed by atoms with Crippen molar-refractivity contribution in [1.29, 1.82) is 0 Å². The van der Waals surface area contributed by atoms with E-state index in [9.17, 15) is 0 Å². The van der Waals surface area contributed by atoms with E-state index in [0.717, 1.165) is 35.1 Å². The molecule has 6 aromatic carbocycles. The van der Waals surface area contributed by atoms with Gasteiger partial charge in [0.15, 0.2) is 23.0 Å². The van der Waals surface area contributed by atoms with Gasteiger partial charge in [0.1, 0.15) is 12.1 Å². The van der Waals surface area contributed by atoms with Crippen molar-refractivity contribution in [2.75, 3.05) is 0 Å². The van der Waals surface area contributed by atoms with Gasteiger partial charge in [-0.2, -0.15) is 0 Å². The summed E-state index contributed by atoms with van der Waals surface area (Å²) in [6.45, 7) is 0. The molecule has 2 heterocycles. The molecular weight excluding hydrogens is 867 g/mol. The Labute approximate surface area is 341 Å². The zero-order valence-corrected chi connectivity index (χ0v) is 33.1. The van der Waals surface area contributed by atoms with Gasteiger partial charge >= 0.3 is 20.4 Å². The molecule has 0 unspecified atom stereocenters. The topological polar surface area (TPSA) is 43.2 Å². The first-order valence-electron chi connectivity index (χ1n) is 17.1. The van der Waals surface area contributed by atoms with Gasteiger partial charge in [-0.3, -0.25) is 0 Å². The predicted octanol–water partition coefficient (Wildman–Crippen LogP) is 3.35. The third-order valence-electron chi connectivity index (χ3n) is 9.75. The quantitative estimate of drug-likeness (QED) is 0.198. The Kier molecular flexibility index (Phi) is 13.2. The van der Waals surface area contributed by atoms with Crippen LogP contribution in [-0.2, 0) is 53.9 Å². The molecule has 2 aliphatic heterocycles. The zero-order valence-electron chi connectivity index (χ0n) is 28.4. The van der Waals surface area contributed by atoms with E-state index in [-0.39, 0.29) is 66.5 Å². The van der Waals surface area contributed by atoms with Crippen LogP contribution >= 0.6 is 0 Å². The average Bonchev–Trinajstić information content (AvgIpc) is 3.72. The summed E-state index contributed by atoms with van der Waals surface area (Å²) in [5.41, 5.74) is 5.07. The summed E-state index contributed by atoms with van der Waals surface area (Å²) in [4.78, 5) is 10.8. The number of hydrogen-bond acceptors (Lipinski definition) is 4. The van der Waals surface area contributed by atoms with Crippen LogP contribution in [0.5, 0.6) is 0 Å². The maximum absolute atomic E-state index is 7.19. The molecule has 0 aliphatic carbocycles. The van der Waals surface area contributed by atoms with Gasteiger partial charge in [0, 0.05) is 22.3 Å². The Morgan fingerprint density at radius 3 is 0.904 bits per heavy atom. The molecule has 0 bridgehead atoms. The second-order valence-electron chi connectivity index (χ2n) is 12.8. The molecular formula is C45H38Br2N2O2Pd. The molecule has 0 radical (unpaired) electrons. The molecule has 0 spiro atoms. The van der Waals surface area contributed by atoms with Gasteiger partial charge in [0.2, 0.25) is 0 Å². The minimum atomic E-state index is -0.813. The molecule has 7 heteroatoms. The monoisotopic (exact) mass is 902 g/mol. The molecule has 264 valence electrons. The van der Waals surface area contributed by atoms with Gasteiger partial charge in [-0.25, -0.2) is 9.98 Å². The van der Waals surface area contributed by atoms with Gasteiger partial charge in [-0.15, -0.1) is 0 Å². The van der Waals surface area contributed by atoms with Crippen molar-refractivity contribution >= 4 is 11.8 Å². The zero-order chi connectivity index (χ0) is 32.9. The van der Waals surface area contributed by atoms with Crippen molar-refractivity contribution in [3.63, 3.8) is 0 Å². The van der Waals surface area contributed by atoms with Crippen molar-refractivity contribution in [2.24, 2.45) is 9.98 Å². The fourth-order valence-electron chi connectivity index (χ4n) is 7.52. The van der Waals surface area contributed by atoms with E-state index < -0.39 is 11.2 Å². The van der Waals surface area contributed by atoms with Crippen LogP contribution in [0.15, 0.2) is 192 Å². The normalized spacial score (nSPS) is 17.8. The van der Waals surface area contributed by atoms with Gasteiger partial charge in [0.05, 0.1) is 6.42 Å². The molecule has 8 rings (SSSR count). The summed E-state index contributed by atoms with van der Waals surface area (Å²) < 4.78 is 14.4. The van der Waals surface area contributed by atoms with Gasteiger partial charge in [-0.05, 0) is 24.0 Å². The van der Waals surface area contributed by atoms with Crippen LogP contribution in [0.4, 0.5) is 0 Å². The first-order valence-corrected chi connectivity index (χ1v) is 17.1. The molecule has 0 aromatic heterocycles. The Balaban J connectivity index is 0.00000174. The fourth-order valence-corrected chi connectivity index (χ4v) is 7.52. The van der Waals surface area contributed by atoms with E-state index in [0.29, 0.717) is 18.2 Å². The van der Waals surface area contributed by atoms with Gasteiger partial charge < -0.3 is 43.4 Å².